The lowest BCUT2D eigenvalue weighted by Gasteiger charge is -2.12. The number of carbonyl (C=O) groups is 2. The lowest BCUT2D eigenvalue weighted by molar-refractivity contribution is 0.0954. The second kappa shape index (κ2) is 5.94. The molecule has 0 aliphatic heterocycles. The molecule has 1 aromatic heterocycles. The third-order valence-corrected chi connectivity index (χ3v) is 2.80. The zero-order valence-corrected chi connectivity index (χ0v) is 10.9. The summed E-state index contributed by atoms with van der Waals surface area (Å²) in [7, 11) is 0. The first-order chi connectivity index (χ1) is 9.63. The maximum atomic E-state index is 12.1. The summed E-state index contributed by atoms with van der Waals surface area (Å²) in [5.41, 5.74) is 3.95. The molecule has 2 rings (SSSR count). The Morgan fingerprint density at radius 3 is 2.60 bits per heavy atom. The molecule has 0 saturated carbocycles. The Morgan fingerprint density at radius 2 is 1.95 bits per heavy atom. The van der Waals surface area contributed by atoms with Gasteiger partial charge in [0, 0.05) is 12.4 Å². The molecule has 0 aliphatic rings. The molecule has 1 aromatic carbocycles. The van der Waals surface area contributed by atoms with Crippen LogP contribution < -0.4 is 16.6 Å². The van der Waals surface area contributed by atoms with Crippen molar-refractivity contribution in [2.75, 3.05) is 5.32 Å². The Hall–Kier alpha value is -2.73. The molecule has 0 atom stereocenters. The van der Waals surface area contributed by atoms with E-state index in [1.165, 1.54) is 6.20 Å². The van der Waals surface area contributed by atoms with E-state index in [2.05, 4.69) is 15.7 Å². The van der Waals surface area contributed by atoms with Crippen LogP contribution >= 0.6 is 0 Å². The van der Waals surface area contributed by atoms with E-state index in [1.807, 2.05) is 0 Å². The van der Waals surface area contributed by atoms with Crippen LogP contribution in [0.4, 0.5) is 5.69 Å². The topological polar surface area (TPSA) is 97.1 Å². The molecule has 0 bridgehead atoms. The van der Waals surface area contributed by atoms with Gasteiger partial charge in [-0.1, -0.05) is 12.1 Å². The number of benzene rings is 1. The van der Waals surface area contributed by atoms with Crippen LogP contribution in [-0.4, -0.2) is 16.8 Å². The number of nitrogens with one attached hydrogen (secondary N) is 2. The van der Waals surface area contributed by atoms with Crippen LogP contribution in [0.5, 0.6) is 0 Å². The van der Waals surface area contributed by atoms with Gasteiger partial charge in [-0.25, -0.2) is 5.84 Å². The third-order valence-electron chi connectivity index (χ3n) is 2.80. The molecule has 6 heteroatoms. The lowest BCUT2D eigenvalue weighted by Crippen LogP contribution is -2.31. The molecule has 102 valence electrons. The summed E-state index contributed by atoms with van der Waals surface area (Å²) < 4.78 is 0. The Morgan fingerprint density at radius 1 is 1.15 bits per heavy atom. The van der Waals surface area contributed by atoms with Crippen LogP contribution in [-0.2, 0) is 0 Å². The normalized spacial score (nSPS) is 9.90. The number of nitrogens with zero attached hydrogens (tertiary/aromatic N) is 1. The second-order valence-corrected chi connectivity index (χ2v) is 4.17. The fourth-order valence-electron chi connectivity index (χ4n) is 1.84. The fourth-order valence-corrected chi connectivity index (χ4v) is 1.84. The van der Waals surface area contributed by atoms with Crippen molar-refractivity contribution in [2.45, 2.75) is 6.92 Å². The monoisotopic (exact) mass is 270 g/mol. The predicted molar refractivity (Wildman–Crippen MR) is 75.0 cm³/mol. The highest BCUT2D eigenvalue weighted by Gasteiger charge is 2.15. The molecule has 2 amide bonds. The van der Waals surface area contributed by atoms with Gasteiger partial charge in [0.2, 0.25) is 0 Å². The van der Waals surface area contributed by atoms with Crippen LogP contribution in [0.1, 0.15) is 26.3 Å². The summed E-state index contributed by atoms with van der Waals surface area (Å²) in [5.74, 6) is 4.37. The Bertz CT molecular complexity index is 641. The molecule has 1 heterocycles. The highest BCUT2D eigenvalue weighted by molar-refractivity contribution is 6.09. The largest absolute Gasteiger partial charge is 0.321 e. The van der Waals surface area contributed by atoms with E-state index in [1.54, 1.807) is 43.5 Å². The number of nitrogens with two attached hydrogens (primary N) is 1. The quantitative estimate of drug-likeness (QED) is 0.444. The number of hydrazine groups is 1. The first-order valence-electron chi connectivity index (χ1n) is 5.95. The predicted octanol–water partition coefficient (Wildman–Crippen LogP) is 1.25. The van der Waals surface area contributed by atoms with Gasteiger partial charge in [0.05, 0.1) is 16.8 Å². The van der Waals surface area contributed by atoms with E-state index < -0.39 is 5.91 Å². The minimum Gasteiger partial charge on any atom is -0.321 e. The van der Waals surface area contributed by atoms with E-state index in [0.717, 1.165) is 5.56 Å². The van der Waals surface area contributed by atoms with Crippen molar-refractivity contribution in [3.63, 3.8) is 0 Å². The van der Waals surface area contributed by atoms with E-state index in [9.17, 15) is 9.59 Å². The van der Waals surface area contributed by atoms with Crippen molar-refractivity contribution in [1.82, 2.24) is 10.4 Å². The first kappa shape index (κ1) is 13.7. The van der Waals surface area contributed by atoms with E-state index >= 15 is 0 Å². The SMILES string of the molecule is Cc1cccc(NC(=O)c2cccnc2)c1C(=O)NN. The molecule has 0 radical (unpaired) electrons. The van der Waals surface area contributed by atoms with Gasteiger partial charge in [-0.05, 0) is 30.7 Å². The second-order valence-electron chi connectivity index (χ2n) is 4.17. The average Bonchev–Trinajstić information content (AvgIpc) is 2.47. The fraction of sp³-hybridized carbons (Fsp3) is 0.0714. The van der Waals surface area contributed by atoms with Crippen LogP contribution in [0.3, 0.4) is 0 Å². The van der Waals surface area contributed by atoms with Gasteiger partial charge < -0.3 is 5.32 Å². The zero-order valence-electron chi connectivity index (χ0n) is 10.9. The summed E-state index contributed by atoms with van der Waals surface area (Å²) >= 11 is 0. The standard InChI is InChI=1S/C14H14N4O2/c1-9-4-2-6-11(12(9)14(20)18-15)17-13(19)10-5-3-7-16-8-10/h2-8H,15H2,1H3,(H,17,19)(H,18,20). The maximum Gasteiger partial charge on any atom is 0.267 e. The number of nitrogen functional groups attached to an aromatic ring is 1. The average molecular weight is 270 g/mol. The molecule has 2 aromatic rings. The van der Waals surface area contributed by atoms with E-state index in [4.69, 9.17) is 5.84 Å². The van der Waals surface area contributed by atoms with Gasteiger partial charge in [0.15, 0.2) is 0 Å². The van der Waals surface area contributed by atoms with Gasteiger partial charge in [-0.3, -0.25) is 20.0 Å². The van der Waals surface area contributed by atoms with Crippen molar-refractivity contribution in [3.8, 4) is 0 Å². The van der Waals surface area contributed by atoms with Gasteiger partial charge in [0.1, 0.15) is 0 Å². The summed E-state index contributed by atoms with van der Waals surface area (Å²) in [6.45, 7) is 1.77. The van der Waals surface area contributed by atoms with Crippen molar-refractivity contribution in [3.05, 3.63) is 59.4 Å². The smallest absolute Gasteiger partial charge is 0.267 e. The number of amides is 2. The summed E-state index contributed by atoms with van der Waals surface area (Å²) in [4.78, 5) is 27.7. The molecule has 4 N–H and O–H groups in total. The van der Waals surface area contributed by atoms with Crippen molar-refractivity contribution in [2.24, 2.45) is 5.84 Å². The number of rotatable bonds is 3. The van der Waals surface area contributed by atoms with Crippen LogP contribution in [0, 0.1) is 6.92 Å². The highest BCUT2D eigenvalue weighted by atomic mass is 16.2. The number of aromatic nitrogens is 1. The Labute approximate surface area is 116 Å². The molecule has 0 spiro atoms. The zero-order chi connectivity index (χ0) is 14.5. The lowest BCUT2D eigenvalue weighted by atomic mass is 10.1. The van der Waals surface area contributed by atoms with Crippen molar-refractivity contribution in [1.29, 1.82) is 0 Å². The summed E-state index contributed by atoms with van der Waals surface area (Å²) in [6, 6.07) is 8.47. The van der Waals surface area contributed by atoms with E-state index in [-0.39, 0.29) is 5.91 Å². The molecule has 0 unspecified atom stereocenters. The third kappa shape index (κ3) is 2.81. The van der Waals surface area contributed by atoms with Gasteiger partial charge in [0.25, 0.3) is 11.8 Å². The Kier molecular flexibility index (Phi) is 4.07. The minimum absolute atomic E-state index is 0.338. The van der Waals surface area contributed by atoms with Gasteiger partial charge in [-0.15, -0.1) is 0 Å². The number of pyridine rings is 1. The molecular formula is C14H14N4O2. The maximum absolute atomic E-state index is 12.1. The number of anilines is 1. The summed E-state index contributed by atoms with van der Waals surface area (Å²) in [5, 5.41) is 2.69. The van der Waals surface area contributed by atoms with Gasteiger partial charge in [-0.2, -0.15) is 0 Å². The van der Waals surface area contributed by atoms with Crippen LogP contribution in [0.15, 0.2) is 42.7 Å². The van der Waals surface area contributed by atoms with Crippen LogP contribution in [0.2, 0.25) is 0 Å². The molecule has 20 heavy (non-hydrogen) atoms. The molecule has 0 saturated heterocycles. The number of hydrogen-bond acceptors (Lipinski definition) is 4. The number of carbonyl (C=O) groups excluding carboxylic acids is 2. The number of aryl methyl sites for hydroxylation is 1. The summed E-state index contributed by atoms with van der Waals surface area (Å²) in [6.07, 6.45) is 3.03. The molecule has 6 nitrogen and oxygen atoms in total. The van der Waals surface area contributed by atoms with Gasteiger partial charge >= 0.3 is 0 Å². The Balaban J connectivity index is 2.32. The highest BCUT2D eigenvalue weighted by Crippen LogP contribution is 2.20. The molecular weight excluding hydrogens is 256 g/mol. The van der Waals surface area contributed by atoms with E-state index in [0.29, 0.717) is 16.8 Å². The molecule has 0 aliphatic carbocycles. The van der Waals surface area contributed by atoms with Crippen molar-refractivity contribution < 1.29 is 9.59 Å². The van der Waals surface area contributed by atoms with Crippen molar-refractivity contribution >= 4 is 17.5 Å². The van der Waals surface area contributed by atoms with Crippen LogP contribution in [0.25, 0.3) is 0 Å². The number of hydrogen-bond donors (Lipinski definition) is 3. The minimum atomic E-state index is -0.454. The first-order valence-corrected chi connectivity index (χ1v) is 5.95. The molecule has 0 fully saturated rings.